The van der Waals surface area contributed by atoms with Crippen LogP contribution in [0.3, 0.4) is 0 Å². The topological polar surface area (TPSA) is 84.8 Å². The first-order valence-electron chi connectivity index (χ1n) is 9.18. The van der Waals surface area contributed by atoms with E-state index in [1.165, 1.54) is 35.6 Å². The highest BCUT2D eigenvalue weighted by Gasteiger charge is 2.21. The molecule has 0 saturated heterocycles. The highest BCUT2D eigenvalue weighted by Crippen LogP contribution is 2.32. The van der Waals surface area contributed by atoms with Crippen LogP contribution in [0.1, 0.15) is 21.7 Å². The number of thiophene rings is 1. The summed E-state index contributed by atoms with van der Waals surface area (Å²) in [6, 6.07) is 11.0. The van der Waals surface area contributed by atoms with Crippen molar-refractivity contribution >= 4 is 39.3 Å². The molecule has 154 valence electrons. The third kappa shape index (κ3) is 3.76. The van der Waals surface area contributed by atoms with Crippen molar-refractivity contribution in [2.24, 2.45) is 0 Å². The van der Waals surface area contributed by atoms with Gasteiger partial charge in [-0.1, -0.05) is 0 Å². The van der Waals surface area contributed by atoms with Crippen LogP contribution in [0.25, 0.3) is 5.52 Å². The van der Waals surface area contributed by atoms with Crippen molar-refractivity contribution in [1.29, 1.82) is 0 Å². The van der Waals surface area contributed by atoms with Crippen molar-refractivity contribution in [2.45, 2.75) is 29.6 Å². The summed E-state index contributed by atoms with van der Waals surface area (Å²) in [5.41, 5.74) is 9.89. The number of benzene rings is 1. The second kappa shape index (κ2) is 8.04. The maximum absolute atomic E-state index is 13.2. The SMILES string of the molecule is Cc1c(CC(=O)O)c2ccc(N)cn2c1Cc1sccc1S(=O)c1ccc(F)cc1. The first-order valence-corrected chi connectivity index (χ1v) is 11.2. The highest BCUT2D eigenvalue weighted by atomic mass is 32.2. The van der Waals surface area contributed by atoms with E-state index in [-0.39, 0.29) is 12.2 Å². The van der Waals surface area contributed by atoms with Crippen molar-refractivity contribution in [1.82, 2.24) is 4.40 Å². The average molecular weight is 443 g/mol. The molecule has 0 bridgehead atoms. The lowest BCUT2D eigenvalue weighted by molar-refractivity contribution is -0.136. The molecule has 1 unspecified atom stereocenters. The van der Waals surface area contributed by atoms with Crippen LogP contribution in [-0.4, -0.2) is 19.7 Å². The van der Waals surface area contributed by atoms with Crippen molar-refractivity contribution in [3.05, 3.63) is 81.6 Å². The Balaban J connectivity index is 1.77. The van der Waals surface area contributed by atoms with Gasteiger partial charge in [-0.2, -0.15) is 0 Å². The molecular formula is C22H19FN2O3S2. The Labute approximate surface area is 179 Å². The number of fused-ring (bicyclic) bond motifs is 1. The normalized spacial score (nSPS) is 12.3. The van der Waals surface area contributed by atoms with Crippen LogP contribution in [0.5, 0.6) is 0 Å². The second-order valence-corrected chi connectivity index (χ2v) is 9.40. The molecule has 1 aromatic carbocycles. The number of aromatic nitrogens is 1. The van der Waals surface area contributed by atoms with Crippen LogP contribution < -0.4 is 5.73 Å². The number of nitrogens with zero attached hydrogens (tertiary/aromatic N) is 1. The molecule has 30 heavy (non-hydrogen) atoms. The van der Waals surface area contributed by atoms with Gasteiger partial charge >= 0.3 is 5.97 Å². The Morgan fingerprint density at radius 1 is 1.20 bits per heavy atom. The van der Waals surface area contributed by atoms with Crippen molar-refractivity contribution in [2.75, 3.05) is 5.73 Å². The number of nitrogen functional groups attached to an aromatic ring is 1. The third-order valence-corrected chi connectivity index (χ3v) is 7.58. The molecule has 0 spiro atoms. The Hall–Kier alpha value is -2.97. The van der Waals surface area contributed by atoms with Gasteiger partial charge in [0, 0.05) is 39.3 Å². The zero-order valence-corrected chi connectivity index (χ0v) is 17.7. The minimum absolute atomic E-state index is 0.0853. The van der Waals surface area contributed by atoms with Gasteiger partial charge in [0.05, 0.1) is 22.1 Å². The number of carbonyl (C=O) groups is 1. The number of nitrogens with two attached hydrogens (primary N) is 1. The van der Waals surface area contributed by atoms with E-state index in [9.17, 15) is 18.5 Å². The molecule has 1 atom stereocenters. The molecule has 0 aliphatic carbocycles. The van der Waals surface area contributed by atoms with Gasteiger partial charge in [0.1, 0.15) is 5.82 Å². The van der Waals surface area contributed by atoms with E-state index < -0.39 is 16.8 Å². The fourth-order valence-corrected chi connectivity index (χ4v) is 5.92. The summed E-state index contributed by atoms with van der Waals surface area (Å²) in [4.78, 5) is 13.5. The highest BCUT2D eigenvalue weighted by molar-refractivity contribution is 7.85. The number of anilines is 1. The van der Waals surface area contributed by atoms with Gasteiger partial charge in [-0.05, 0) is 65.9 Å². The van der Waals surface area contributed by atoms with Crippen molar-refractivity contribution < 1.29 is 18.5 Å². The van der Waals surface area contributed by atoms with E-state index >= 15 is 0 Å². The first-order chi connectivity index (χ1) is 14.3. The van der Waals surface area contributed by atoms with Crippen LogP contribution in [0.15, 0.2) is 63.8 Å². The van der Waals surface area contributed by atoms with E-state index in [4.69, 9.17) is 5.73 Å². The molecule has 4 aromatic rings. The van der Waals surface area contributed by atoms with E-state index in [0.717, 1.165) is 27.2 Å². The van der Waals surface area contributed by atoms with Gasteiger partial charge < -0.3 is 15.2 Å². The number of pyridine rings is 1. The predicted octanol–water partition coefficient (Wildman–Crippen LogP) is 4.42. The minimum atomic E-state index is -1.44. The van der Waals surface area contributed by atoms with Crippen LogP contribution in [0.2, 0.25) is 0 Å². The number of rotatable bonds is 6. The third-order valence-electron chi connectivity index (χ3n) is 5.04. The van der Waals surface area contributed by atoms with Gasteiger partial charge in [0.25, 0.3) is 0 Å². The number of aliphatic carboxylic acids is 1. The number of carboxylic acid groups (broad SMARTS) is 1. The summed E-state index contributed by atoms with van der Waals surface area (Å²) < 4.78 is 28.2. The molecular weight excluding hydrogens is 423 g/mol. The van der Waals surface area contributed by atoms with E-state index in [1.54, 1.807) is 12.3 Å². The fourth-order valence-electron chi connectivity index (χ4n) is 3.59. The van der Waals surface area contributed by atoms with Gasteiger partial charge in [-0.15, -0.1) is 11.3 Å². The number of hydrogen-bond acceptors (Lipinski definition) is 4. The quantitative estimate of drug-likeness (QED) is 0.463. The molecule has 3 N–H and O–H groups in total. The Morgan fingerprint density at radius 3 is 2.63 bits per heavy atom. The summed E-state index contributed by atoms with van der Waals surface area (Å²) in [5.74, 6) is -1.27. The van der Waals surface area contributed by atoms with Gasteiger partial charge in [0.2, 0.25) is 0 Å². The number of hydrogen-bond donors (Lipinski definition) is 2. The molecule has 0 amide bonds. The number of halogens is 1. The fraction of sp³-hybridized carbons (Fsp3) is 0.136. The average Bonchev–Trinajstić information content (AvgIpc) is 3.26. The minimum Gasteiger partial charge on any atom is -0.481 e. The number of carboxylic acids is 1. The molecule has 0 radical (unpaired) electrons. The largest absolute Gasteiger partial charge is 0.481 e. The second-order valence-electron chi connectivity index (χ2n) is 6.95. The van der Waals surface area contributed by atoms with Crippen LogP contribution in [-0.2, 0) is 28.4 Å². The molecule has 8 heteroatoms. The predicted molar refractivity (Wildman–Crippen MR) is 116 cm³/mol. The Bertz CT molecular complexity index is 1280. The zero-order valence-electron chi connectivity index (χ0n) is 16.1. The van der Waals surface area contributed by atoms with Crippen LogP contribution >= 0.6 is 11.3 Å². The molecule has 0 fully saturated rings. The van der Waals surface area contributed by atoms with E-state index in [2.05, 4.69) is 0 Å². The standard InChI is InChI=1S/C22H19FN2O3S2/c1-13-17(10-22(26)27)18-7-4-15(24)12-25(18)19(13)11-20-21(8-9-29-20)30(28)16-5-2-14(23)3-6-16/h2-9,12H,10-11,24H2,1H3,(H,26,27). The lowest BCUT2D eigenvalue weighted by atomic mass is 10.1. The van der Waals surface area contributed by atoms with Crippen molar-refractivity contribution in [3.8, 4) is 0 Å². The lowest BCUT2D eigenvalue weighted by Gasteiger charge is -2.07. The molecule has 5 nitrogen and oxygen atoms in total. The Kier molecular flexibility index (Phi) is 5.44. The maximum atomic E-state index is 13.2. The Morgan fingerprint density at radius 2 is 1.93 bits per heavy atom. The first kappa shape index (κ1) is 20.3. The summed E-state index contributed by atoms with van der Waals surface area (Å²) >= 11 is 1.49. The van der Waals surface area contributed by atoms with Crippen LogP contribution in [0, 0.1) is 12.7 Å². The summed E-state index contributed by atoms with van der Waals surface area (Å²) in [6.07, 6.45) is 2.18. The molecule has 0 saturated carbocycles. The van der Waals surface area contributed by atoms with Gasteiger partial charge in [-0.25, -0.2) is 8.60 Å². The summed E-state index contributed by atoms with van der Waals surface area (Å²) in [5, 5.41) is 11.2. The zero-order chi connectivity index (χ0) is 21.4. The molecule has 3 aromatic heterocycles. The van der Waals surface area contributed by atoms with Gasteiger partial charge in [-0.3, -0.25) is 4.79 Å². The van der Waals surface area contributed by atoms with Crippen LogP contribution in [0.4, 0.5) is 10.1 Å². The summed E-state index contributed by atoms with van der Waals surface area (Å²) in [7, 11) is -1.44. The van der Waals surface area contributed by atoms with Gasteiger partial charge in [0.15, 0.2) is 0 Å². The van der Waals surface area contributed by atoms with E-state index in [1.807, 2.05) is 28.8 Å². The smallest absolute Gasteiger partial charge is 0.307 e. The van der Waals surface area contributed by atoms with E-state index in [0.29, 0.717) is 21.9 Å². The lowest BCUT2D eigenvalue weighted by Crippen LogP contribution is -2.01. The molecule has 3 heterocycles. The summed E-state index contributed by atoms with van der Waals surface area (Å²) in [6.45, 7) is 1.90. The van der Waals surface area contributed by atoms with Crippen molar-refractivity contribution in [3.63, 3.8) is 0 Å². The molecule has 4 rings (SSSR count). The maximum Gasteiger partial charge on any atom is 0.307 e. The molecule has 0 aliphatic rings. The monoisotopic (exact) mass is 442 g/mol. The molecule has 0 aliphatic heterocycles.